The fourth-order valence-corrected chi connectivity index (χ4v) is 2.78. The van der Waals surface area contributed by atoms with Gasteiger partial charge in [0.25, 0.3) is 0 Å². The standard InChI is InChI=1S/C14H19ClN2O/c1-11(18)17-7-2-3-12(5-8-17)9-13-4-6-16-14(15)10-13/h4,6,10,12H,2-3,5,7-9H2,1H3/t12-/m0/s1. The first kappa shape index (κ1) is 13.3. The average molecular weight is 267 g/mol. The van der Waals surface area contributed by atoms with Crippen molar-refractivity contribution in [1.29, 1.82) is 0 Å². The molecule has 1 aromatic rings. The molecule has 2 rings (SSSR count). The highest BCUT2D eigenvalue weighted by Gasteiger charge is 2.18. The highest BCUT2D eigenvalue weighted by molar-refractivity contribution is 6.29. The van der Waals surface area contributed by atoms with E-state index in [1.165, 1.54) is 12.0 Å². The number of nitrogens with zero attached hydrogens (tertiary/aromatic N) is 2. The Morgan fingerprint density at radius 2 is 2.33 bits per heavy atom. The van der Waals surface area contributed by atoms with Gasteiger partial charge in [-0.05, 0) is 49.3 Å². The van der Waals surface area contributed by atoms with E-state index in [2.05, 4.69) is 4.98 Å². The third-order valence-electron chi connectivity index (χ3n) is 3.61. The minimum Gasteiger partial charge on any atom is -0.343 e. The lowest BCUT2D eigenvalue weighted by molar-refractivity contribution is -0.128. The Labute approximate surface area is 113 Å². The second-order valence-corrected chi connectivity index (χ2v) is 5.38. The van der Waals surface area contributed by atoms with Gasteiger partial charge in [-0.25, -0.2) is 4.98 Å². The Hall–Kier alpha value is -1.09. The van der Waals surface area contributed by atoms with Crippen molar-refractivity contribution in [2.24, 2.45) is 5.92 Å². The molecule has 0 radical (unpaired) electrons. The van der Waals surface area contributed by atoms with Crippen LogP contribution in [-0.4, -0.2) is 28.9 Å². The van der Waals surface area contributed by atoms with E-state index < -0.39 is 0 Å². The Kier molecular flexibility index (Phi) is 4.59. The molecule has 4 heteroatoms. The summed E-state index contributed by atoms with van der Waals surface area (Å²) < 4.78 is 0. The number of pyridine rings is 1. The summed E-state index contributed by atoms with van der Waals surface area (Å²) in [6.45, 7) is 3.45. The van der Waals surface area contributed by atoms with Crippen LogP contribution >= 0.6 is 11.6 Å². The smallest absolute Gasteiger partial charge is 0.219 e. The quantitative estimate of drug-likeness (QED) is 0.771. The number of amides is 1. The van der Waals surface area contributed by atoms with Crippen LogP contribution in [-0.2, 0) is 11.2 Å². The fraction of sp³-hybridized carbons (Fsp3) is 0.571. The molecule has 1 aliphatic rings. The molecule has 0 aliphatic carbocycles. The third-order valence-corrected chi connectivity index (χ3v) is 3.82. The van der Waals surface area contributed by atoms with Gasteiger partial charge in [0, 0.05) is 26.2 Å². The number of carbonyl (C=O) groups is 1. The topological polar surface area (TPSA) is 33.2 Å². The molecule has 0 aromatic carbocycles. The van der Waals surface area contributed by atoms with Crippen molar-refractivity contribution in [3.05, 3.63) is 29.0 Å². The minimum atomic E-state index is 0.197. The second-order valence-electron chi connectivity index (χ2n) is 4.99. The van der Waals surface area contributed by atoms with Gasteiger partial charge < -0.3 is 4.90 Å². The maximum absolute atomic E-state index is 11.4. The number of hydrogen-bond acceptors (Lipinski definition) is 2. The molecular formula is C14H19ClN2O. The molecule has 2 heterocycles. The summed E-state index contributed by atoms with van der Waals surface area (Å²) in [6.07, 6.45) is 6.16. The van der Waals surface area contributed by atoms with Crippen LogP contribution in [0.15, 0.2) is 18.3 Å². The van der Waals surface area contributed by atoms with E-state index in [0.29, 0.717) is 11.1 Å². The molecule has 3 nitrogen and oxygen atoms in total. The van der Waals surface area contributed by atoms with Gasteiger partial charge in [-0.1, -0.05) is 11.6 Å². The first-order valence-corrected chi connectivity index (χ1v) is 6.89. The van der Waals surface area contributed by atoms with Gasteiger partial charge >= 0.3 is 0 Å². The third kappa shape index (κ3) is 3.70. The Balaban J connectivity index is 1.92. The summed E-state index contributed by atoms with van der Waals surface area (Å²) in [5.41, 5.74) is 1.25. The van der Waals surface area contributed by atoms with E-state index in [-0.39, 0.29) is 5.91 Å². The second kappa shape index (κ2) is 6.19. The van der Waals surface area contributed by atoms with Crippen LogP contribution < -0.4 is 0 Å². The van der Waals surface area contributed by atoms with E-state index >= 15 is 0 Å². The molecule has 0 spiro atoms. The lowest BCUT2D eigenvalue weighted by Crippen LogP contribution is -2.29. The monoisotopic (exact) mass is 266 g/mol. The lowest BCUT2D eigenvalue weighted by atomic mass is 9.93. The molecule has 1 saturated heterocycles. The fourth-order valence-electron chi connectivity index (χ4n) is 2.59. The molecule has 0 bridgehead atoms. The number of likely N-dealkylation sites (tertiary alicyclic amines) is 1. The van der Waals surface area contributed by atoms with Gasteiger partial charge in [0.15, 0.2) is 0 Å². The van der Waals surface area contributed by atoms with E-state index in [9.17, 15) is 4.79 Å². The number of halogens is 1. The molecule has 1 fully saturated rings. The van der Waals surface area contributed by atoms with Gasteiger partial charge in [0.2, 0.25) is 5.91 Å². The Morgan fingerprint density at radius 1 is 1.50 bits per heavy atom. The molecule has 98 valence electrons. The van der Waals surface area contributed by atoms with Gasteiger partial charge in [-0.15, -0.1) is 0 Å². The molecule has 18 heavy (non-hydrogen) atoms. The summed E-state index contributed by atoms with van der Waals surface area (Å²) in [6, 6.07) is 3.97. The zero-order valence-electron chi connectivity index (χ0n) is 10.7. The SMILES string of the molecule is CC(=O)N1CCC[C@H](Cc2ccnc(Cl)c2)CC1. The van der Waals surface area contributed by atoms with Crippen molar-refractivity contribution in [2.75, 3.05) is 13.1 Å². The van der Waals surface area contributed by atoms with Crippen LogP contribution in [0.2, 0.25) is 5.15 Å². The summed E-state index contributed by atoms with van der Waals surface area (Å²) in [7, 11) is 0. The van der Waals surface area contributed by atoms with Crippen LogP contribution in [0, 0.1) is 5.92 Å². The average Bonchev–Trinajstić information content (AvgIpc) is 2.55. The zero-order valence-corrected chi connectivity index (χ0v) is 11.5. The molecule has 0 N–H and O–H groups in total. The van der Waals surface area contributed by atoms with Crippen molar-refractivity contribution in [3.63, 3.8) is 0 Å². The highest BCUT2D eigenvalue weighted by atomic mass is 35.5. The maximum atomic E-state index is 11.4. The van der Waals surface area contributed by atoms with Crippen LogP contribution in [0.4, 0.5) is 0 Å². The molecule has 1 aliphatic heterocycles. The minimum absolute atomic E-state index is 0.197. The molecule has 1 amide bonds. The van der Waals surface area contributed by atoms with E-state index in [1.807, 2.05) is 17.0 Å². The number of rotatable bonds is 2. The number of carbonyl (C=O) groups excluding carboxylic acids is 1. The van der Waals surface area contributed by atoms with Gasteiger partial charge in [0.05, 0.1) is 0 Å². The van der Waals surface area contributed by atoms with E-state index in [1.54, 1.807) is 13.1 Å². The van der Waals surface area contributed by atoms with E-state index in [0.717, 1.165) is 32.4 Å². The summed E-state index contributed by atoms with van der Waals surface area (Å²) in [4.78, 5) is 17.3. The molecule has 0 unspecified atom stereocenters. The predicted octanol–water partition coefficient (Wildman–Crippen LogP) is 2.93. The van der Waals surface area contributed by atoms with Gasteiger partial charge in [-0.2, -0.15) is 0 Å². The Bertz CT molecular complexity index is 422. The van der Waals surface area contributed by atoms with Gasteiger partial charge in [0.1, 0.15) is 5.15 Å². The Morgan fingerprint density at radius 3 is 3.06 bits per heavy atom. The van der Waals surface area contributed by atoms with Gasteiger partial charge in [-0.3, -0.25) is 4.79 Å². The molecule has 1 aromatic heterocycles. The van der Waals surface area contributed by atoms with Crippen LogP contribution in [0.25, 0.3) is 0 Å². The van der Waals surface area contributed by atoms with Crippen molar-refractivity contribution < 1.29 is 4.79 Å². The van der Waals surface area contributed by atoms with Crippen molar-refractivity contribution in [3.8, 4) is 0 Å². The summed E-state index contributed by atoms with van der Waals surface area (Å²) in [5, 5.41) is 0.562. The first-order valence-electron chi connectivity index (χ1n) is 6.51. The molecular weight excluding hydrogens is 248 g/mol. The lowest BCUT2D eigenvalue weighted by Gasteiger charge is -2.18. The summed E-state index contributed by atoms with van der Waals surface area (Å²) >= 11 is 5.90. The molecule has 0 saturated carbocycles. The largest absolute Gasteiger partial charge is 0.343 e. The first-order chi connectivity index (χ1) is 8.65. The van der Waals surface area contributed by atoms with Crippen LogP contribution in [0.5, 0.6) is 0 Å². The highest BCUT2D eigenvalue weighted by Crippen LogP contribution is 2.22. The van der Waals surface area contributed by atoms with Crippen LogP contribution in [0.1, 0.15) is 31.7 Å². The molecule has 1 atom stereocenters. The van der Waals surface area contributed by atoms with Crippen molar-refractivity contribution in [1.82, 2.24) is 9.88 Å². The van der Waals surface area contributed by atoms with Crippen molar-refractivity contribution in [2.45, 2.75) is 32.6 Å². The van der Waals surface area contributed by atoms with Crippen LogP contribution in [0.3, 0.4) is 0 Å². The van der Waals surface area contributed by atoms with E-state index in [4.69, 9.17) is 11.6 Å². The number of hydrogen-bond donors (Lipinski definition) is 0. The predicted molar refractivity (Wildman–Crippen MR) is 72.5 cm³/mol. The maximum Gasteiger partial charge on any atom is 0.219 e. The van der Waals surface area contributed by atoms with Crippen molar-refractivity contribution >= 4 is 17.5 Å². The number of aromatic nitrogens is 1. The zero-order chi connectivity index (χ0) is 13.0. The normalized spacial score (nSPS) is 20.6. The summed E-state index contributed by atoms with van der Waals surface area (Å²) in [5.74, 6) is 0.843.